The molecular formula is C19H16FNO5. The van der Waals surface area contributed by atoms with Gasteiger partial charge in [0.05, 0.1) is 26.9 Å². The van der Waals surface area contributed by atoms with Gasteiger partial charge in [0.25, 0.3) is 0 Å². The Hall–Kier alpha value is -3.35. The highest BCUT2D eigenvalue weighted by molar-refractivity contribution is 6.13. The number of halogens is 1. The van der Waals surface area contributed by atoms with E-state index < -0.39 is 11.8 Å². The molecule has 0 radical (unpaired) electrons. The van der Waals surface area contributed by atoms with Gasteiger partial charge >= 0.3 is 5.97 Å². The van der Waals surface area contributed by atoms with Crippen LogP contribution in [0.4, 0.5) is 4.39 Å². The SMILES string of the molecule is COc1cc(/C=C2/N=C(c3ccccc3F)OC2=O)cc(OC)c1OC. The molecule has 2 aromatic rings. The number of esters is 1. The van der Waals surface area contributed by atoms with Gasteiger partial charge in [-0.25, -0.2) is 14.2 Å². The lowest BCUT2D eigenvalue weighted by molar-refractivity contribution is -0.129. The molecule has 0 spiro atoms. The smallest absolute Gasteiger partial charge is 0.363 e. The molecule has 6 nitrogen and oxygen atoms in total. The number of methoxy groups -OCH3 is 3. The van der Waals surface area contributed by atoms with Gasteiger partial charge in [-0.05, 0) is 35.9 Å². The number of hydrogen-bond donors (Lipinski definition) is 0. The number of cyclic esters (lactones) is 1. The van der Waals surface area contributed by atoms with Crippen molar-refractivity contribution in [3.05, 3.63) is 59.0 Å². The van der Waals surface area contributed by atoms with Crippen LogP contribution in [0, 0.1) is 5.82 Å². The summed E-state index contributed by atoms with van der Waals surface area (Å²) < 4.78 is 34.8. The van der Waals surface area contributed by atoms with Crippen LogP contribution in [0.5, 0.6) is 17.2 Å². The van der Waals surface area contributed by atoms with Gasteiger partial charge in [0.15, 0.2) is 17.2 Å². The summed E-state index contributed by atoms with van der Waals surface area (Å²) in [4.78, 5) is 16.2. The van der Waals surface area contributed by atoms with Crippen molar-refractivity contribution in [1.29, 1.82) is 0 Å². The Morgan fingerprint density at radius 3 is 2.27 bits per heavy atom. The summed E-state index contributed by atoms with van der Waals surface area (Å²) in [5.74, 6) is 0.0327. The Balaban J connectivity index is 2.02. The first-order chi connectivity index (χ1) is 12.6. The predicted molar refractivity (Wildman–Crippen MR) is 93.1 cm³/mol. The van der Waals surface area contributed by atoms with E-state index in [2.05, 4.69) is 4.99 Å². The molecule has 0 unspecified atom stereocenters. The van der Waals surface area contributed by atoms with Crippen LogP contribution in [0.1, 0.15) is 11.1 Å². The monoisotopic (exact) mass is 357 g/mol. The van der Waals surface area contributed by atoms with E-state index in [0.717, 1.165) is 0 Å². The zero-order valence-corrected chi connectivity index (χ0v) is 14.4. The maximum atomic E-state index is 13.9. The van der Waals surface area contributed by atoms with E-state index in [1.54, 1.807) is 24.3 Å². The number of carbonyl (C=O) groups is 1. The van der Waals surface area contributed by atoms with Crippen LogP contribution in [-0.2, 0) is 9.53 Å². The van der Waals surface area contributed by atoms with Crippen molar-refractivity contribution in [1.82, 2.24) is 0 Å². The standard InChI is InChI=1S/C19H16FNO5/c1-23-15-9-11(10-16(24-2)17(15)25-3)8-14-19(22)26-18(21-14)12-6-4-5-7-13(12)20/h4-10H,1-3H3/b14-8+. The van der Waals surface area contributed by atoms with Crippen molar-refractivity contribution < 1.29 is 28.1 Å². The van der Waals surface area contributed by atoms with E-state index in [1.807, 2.05) is 0 Å². The molecule has 3 rings (SSSR count). The summed E-state index contributed by atoms with van der Waals surface area (Å²) in [7, 11) is 4.48. The van der Waals surface area contributed by atoms with E-state index >= 15 is 0 Å². The molecule has 0 saturated carbocycles. The lowest BCUT2D eigenvalue weighted by Gasteiger charge is -2.12. The maximum absolute atomic E-state index is 13.9. The van der Waals surface area contributed by atoms with Crippen molar-refractivity contribution >= 4 is 17.9 Å². The number of nitrogens with zero attached hydrogens (tertiary/aromatic N) is 1. The third-order valence-electron chi connectivity index (χ3n) is 3.72. The number of benzene rings is 2. The first kappa shape index (κ1) is 17.5. The Morgan fingerprint density at radius 2 is 1.69 bits per heavy atom. The highest BCUT2D eigenvalue weighted by atomic mass is 19.1. The Morgan fingerprint density at radius 1 is 1.04 bits per heavy atom. The lowest BCUT2D eigenvalue weighted by Crippen LogP contribution is -2.07. The summed E-state index contributed by atoms with van der Waals surface area (Å²) in [6.45, 7) is 0. The van der Waals surface area contributed by atoms with Gasteiger partial charge in [0.2, 0.25) is 11.6 Å². The van der Waals surface area contributed by atoms with Gasteiger partial charge in [-0.15, -0.1) is 0 Å². The first-order valence-corrected chi connectivity index (χ1v) is 7.65. The van der Waals surface area contributed by atoms with E-state index in [9.17, 15) is 9.18 Å². The minimum atomic E-state index is -0.669. The Labute approximate surface area is 149 Å². The summed E-state index contributed by atoms with van der Waals surface area (Å²) >= 11 is 0. The van der Waals surface area contributed by atoms with Crippen molar-refractivity contribution in [3.63, 3.8) is 0 Å². The molecule has 1 aliphatic rings. The zero-order chi connectivity index (χ0) is 18.7. The van der Waals surface area contributed by atoms with E-state index in [-0.39, 0.29) is 17.2 Å². The summed E-state index contributed by atoms with van der Waals surface area (Å²) in [5.41, 5.74) is 0.747. The number of hydrogen-bond acceptors (Lipinski definition) is 6. The average Bonchev–Trinajstić information content (AvgIpc) is 3.01. The summed E-state index contributed by atoms with van der Waals surface area (Å²) in [6.07, 6.45) is 1.50. The molecule has 0 aliphatic carbocycles. The van der Waals surface area contributed by atoms with Crippen LogP contribution < -0.4 is 14.2 Å². The fourth-order valence-corrected chi connectivity index (χ4v) is 2.50. The molecule has 26 heavy (non-hydrogen) atoms. The second kappa shape index (κ2) is 7.26. The highest BCUT2D eigenvalue weighted by Crippen LogP contribution is 2.39. The lowest BCUT2D eigenvalue weighted by atomic mass is 10.1. The van der Waals surface area contributed by atoms with Crippen LogP contribution >= 0.6 is 0 Å². The molecule has 1 heterocycles. The number of rotatable bonds is 5. The van der Waals surface area contributed by atoms with E-state index in [1.165, 1.54) is 39.5 Å². The van der Waals surface area contributed by atoms with Gasteiger partial charge in [0, 0.05) is 0 Å². The minimum Gasteiger partial charge on any atom is -0.493 e. The van der Waals surface area contributed by atoms with Gasteiger partial charge in [-0.3, -0.25) is 0 Å². The minimum absolute atomic E-state index is 0.0394. The number of carbonyl (C=O) groups excluding carboxylic acids is 1. The summed E-state index contributed by atoms with van der Waals surface area (Å²) in [5, 5.41) is 0. The number of aliphatic imine (C=N–C) groups is 1. The van der Waals surface area contributed by atoms with Crippen LogP contribution in [0.3, 0.4) is 0 Å². The molecule has 134 valence electrons. The topological polar surface area (TPSA) is 66.4 Å². The van der Waals surface area contributed by atoms with E-state index in [0.29, 0.717) is 22.8 Å². The molecular weight excluding hydrogens is 341 g/mol. The van der Waals surface area contributed by atoms with Crippen molar-refractivity contribution in [2.75, 3.05) is 21.3 Å². The maximum Gasteiger partial charge on any atom is 0.363 e. The molecule has 0 fully saturated rings. The van der Waals surface area contributed by atoms with Crippen LogP contribution in [0.25, 0.3) is 6.08 Å². The molecule has 0 bridgehead atoms. The molecule has 7 heteroatoms. The zero-order valence-electron chi connectivity index (χ0n) is 14.4. The third-order valence-corrected chi connectivity index (χ3v) is 3.72. The fourth-order valence-electron chi connectivity index (χ4n) is 2.50. The quantitative estimate of drug-likeness (QED) is 0.607. The molecule has 0 N–H and O–H groups in total. The van der Waals surface area contributed by atoms with Gasteiger partial charge in [0.1, 0.15) is 5.82 Å². The molecule has 0 aromatic heterocycles. The molecule has 0 atom stereocenters. The van der Waals surface area contributed by atoms with Gasteiger partial charge < -0.3 is 18.9 Å². The Kier molecular flexibility index (Phi) is 4.88. The average molecular weight is 357 g/mol. The van der Waals surface area contributed by atoms with Crippen molar-refractivity contribution in [2.45, 2.75) is 0 Å². The van der Waals surface area contributed by atoms with Crippen molar-refractivity contribution in [3.8, 4) is 17.2 Å². The predicted octanol–water partition coefficient (Wildman–Crippen LogP) is 3.20. The molecule has 0 amide bonds. The molecule has 2 aromatic carbocycles. The highest BCUT2D eigenvalue weighted by Gasteiger charge is 2.26. The fraction of sp³-hybridized carbons (Fsp3) is 0.158. The van der Waals surface area contributed by atoms with Crippen LogP contribution in [-0.4, -0.2) is 33.2 Å². The largest absolute Gasteiger partial charge is 0.493 e. The van der Waals surface area contributed by atoms with Gasteiger partial charge in [-0.1, -0.05) is 12.1 Å². The third kappa shape index (κ3) is 3.23. The second-order valence-electron chi connectivity index (χ2n) is 5.27. The molecule has 0 saturated heterocycles. The van der Waals surface area contributed by atoms with Crippen LogP contribution in [0.15, 0.2) is 47.1 Å². The first-order valence-electron chi connectivity index (χ1n) is 7.65. The van der Waals surface area contributed by atoms with Gasteiger partial charge in [-0.2, -0.15) is 0 Å². The molecule has 1 aliphatic heterocycles. The van der Waals surface area contributed by atoms with E-state index in [4.69, 9.17) is 18.9 Å². The van der Waals surface area contributed by atoms with Crippen LogP contribution in [0.2, 0.25) is 0 Å². The van der Waals surface area contributed by atoms with Crippen molar-refractivity contribution in [2.24, 2.45) is 4.99 Å². The normalized spacial score (nSPS) is 14.8. The Bertz CT molecular complexity index is 895. The number of ether oxygens (including phenoxy) is 4. The summed E-state index contributed by atoms with van der Waals surface area (Å²) in [6, 6.07) is 9.27. The second-order valence-corrected chi connectivity index (χ2v) is 5.27.